The van der Waals surface area contributed by atoms with Gasteiger partial charge in [-0.1, -0.05) is 29.3 Å². The van der Waals surface area contributed by atoms with E-state index in [9.17, 15) is 4.79 Å². The summed E-state index contributed by atoms with van der Waals surface area (Å²) in [5.41, 5.74) is 2.63. The average Bonchev–Trinajstić information content (AvgIpc) is 3.38. The molecule has 1 aromatic carbocycles. The molecule has 4 aromatic rings. The van der Waals surface area contributed by atoms with Crippen molar-refractivity contribution >= 4 is 40.2 Å². The van der Waals surface area contributed by atoms with Gasteiger partial charge in [0.2, 0.25) is 0 Å². The Morgan fingerprint density at radius 3 is 2.93 bits per heavy atom. The summed E-state index contributed by atoms with van der Waals surface area (Å²) in [4.78, 5) is 20.4. The molecule has 0 unspecified atom stereocenters. The van der Waals surface area contributed by atoms with Crippen molar-refractivity contribution in [2.75, 3.05) is 18.5 Å². The normalized spacial score (nSPS) is 11.6. The van der Waals surface area contributed by atoms with Crippen LogP contribution in [-0.2, 0) is 16.0 Å². The number of aromatic nitrogens is 5. The lowest BCUT2D eigenvalue weighted by Gasteiger charge is -2.04. The van der Waals surface area contributed by atoms with Crippen molar-refractivity contribution < 1.29 is 14.1 Å². The summed E-state index contributed by atoms with van der Waals surface area (Å²) in [7, 11) is 0. The van der Waals surface area contributed by atoms with E-state index in [0.717, 1.165) is 11.0 Å². The summed E-state index contributed by atoms with van der Waals surface area (Å²) in [5, 5.41) is 18.2. The molecule has 2 N–H and O–H groups in total. The summed E-state index contributed by atoms with van der Waals surface area (Å²) in [5.74, 6) is 0.632. The molecule has 11 nitrogen and oxygen atoms in total. The molecule has 0 aliphatic heterocycles. The van der Waals surface area contributed by atoms with Gasteiger partial charge in [0.05, 0.1) is 17.6 Å². The van der Waals surface area contributed by atoms with Crippen LogP contribution in [0.4, 0.5) is 17.5 Å². The number of esters is 1. The maximum atomic E-state index is 11.7. The second kappa shape index (κ2) is 7.47. The molecule has 0 spiro atoms. The van der Waals surface area contributed by atoms with Crippen LogP contribution in [-0.4, -0.2) is 43.9 Å². The number of para-hydroxylation sites is 2. The first kappa shape index (κ1) is 17.6. The summed E-state index contributed by atoms with van der Waals surface area (Å²) in [6.07, 6.45) is 0.630. The standard InChI is InChI=1S/C17H18N8O3/c1-3-12-20-17(28-24-12)22-21-14-15(18-9-13(26)27-4-2)23-25-11-8-6-5-7-10(11)19-16(14)25/h5-8,18,23H,3-4,9H2,1-2H3. The number of ether oxygens (including phenoxy) is 1. The highest BCUT2D eigenvalue weighted by Gasteiger charge is 2.17. The number of H-pyrrole nitrogens is 1. The number of fused-ring (bicyclic) bond motifs is 3. The van der Waals surface area contributed by atoms with Crippen molar-refractivity contribution in [1.82, 2.24) is 24.7 Å². The van der Waals surface area contributed by atoms with Crippen LogP contribution in [0.1, 0.15) is 19.7 Å². The van der Waals surface area contributed by atoms with E-state index in [4.69, 9.17) is 9.26 Å². The van der Waals surface area contributed by atoms with E-state index in [1.54, 1.807) is 11.4 Å². The molecule has 28 heavy (non-hydrogen) atoms. The summed E-state index contributed by atoms with van der Waals surface area (Å²) >= 11 is 0. The number of anilines is 1. The van der Waals surface area contributed by atoms with Crippen molar-refractivity contribution in [3.63, 3.8) is 0 Å². The largest absolute Gasteiger partial charge is 0.465 e. The van der Waals surface area contributed by atoms with Crippen LogP contribution in [0, 0.1) is 0 Å². The number of rotatable bonds is 7. The van der Waals surface area contributed by atoms with E-state index in [-0.39, 0.29) is 18.5 Å². The average molecular weight is 382 g/mol. The molecule has 0 fully saturated rings. The zero-order chi connectivity index (χ0) is 19.5. The van der Waals surface area contributed by atoms with Crippen molar-refractivity contribution in [3.8, 4) is 0 Å². The van der Waals surface area contributed by atoms with Gasteiger partial charge in [0, 0.05) is 6.42 Å². The number of hydrogen-bond acceptors (Lipinski definition) is 9. The maximum absolute atomic E-state index is 11.7. The predicted molar refractivity (Wildman–Crippen MR) is 100 cm³/mol. The van der Waals surface area contributed by atoms with Gasteiger partial charge >= 0.3 is 12.0 Å². The summed E-state index contributed by atoms with van der Waals surface area (Å²) < 4.78 is 11.8. The minimum Gasteiger partial charge on any atom is -0.465 e. The van der Waals surface area contributed by atoms with Gasteiger partial charge in [0.1, 0.15) is 6.54 Å². The van der Waals surface area contributed by atoms with Gasteiger partial charge in [0.25, 0.3) is 0 Å². The lowest BCUT2D eigenvalue weighted by atomic mass is 10.3. The predicted octanol–water partition coefficient (Wildman–Crippen LogP) is 3.15. The highest BCUT2D eigenvalue weighted by Crippen LogP contribution is 2.33. The highest BCUT2D eigenvalue weighted by atomic mass is 16.5. The molecule has 0 saturated carbocycles. The Balaban J connectivity index is 1.73. The molecule has 4 rings (SSSR count). The fraction of sp³-hybridized carbons (Fsp3) is 0.294. The molecule has 11 heteroatoms. The van der Waals surface area contributed by atoms with Crippen LogP contribution in [0.2, 0.25) is 0 Å². The number of carbonyl (C=O) groups is 1. The molecular weight excluding hydrogens is 364 g/mol. The third kappa shape index (κ3) is 3.29. The maximum Gasteiger partial charge on any atom is 0.366 e. The third-order valence-corrected chi connectivity index (χ3v) is 3.96. The zero-order valence-electron chi connectivity index (χ0n) is 15.3. The first-order valence-electron chi connectivity index (χ1n) is 8.82. The molecule has 0 bridgehead atoms. The molecular formula is C17H18N8O3. The number of hydrogen-bond donors (Lipinski definition) is 2. The van der Waals surface area contributed by atoms with Gasteiger partial charge in [-0.3, -0.25) is 9.89 Å². The molecule has 3 aromatic heterocycles. The van der Waals surface area contributed by atoms with Gasteiger partial charge in [-0.25, -0.2) is 9.50 Å². The van der Waals surface area contributed by atoms with E-state index in [0.29, 0.717) is 36.0 Å². The van der Waals surface area contributed by atoms with E-state index in [1.807, 2.05) is 31.2 Å². The molecule has 0 aliphatic rings. The van der Waals surface area contributed by atoms with Gasteiger partial charge in [-0.2, -0.15) is 4.98 Å². The number of nitrogens with zero attached hydrogens (tertiary/aromatic N) is 6. The van der Waals surface area contributed by atoms with Crippen LogP contribution >= 0.6 is 0 Å². The molecule has 0 amide bonds. The number of aryl methyl sites for hydroxylation is 1. The number of azo groups is 1. The lowest BCUT2D eigenvalue weighted by Crippen LogP contribution is -2.17. The number of nitrogens with one attached hydrogen (secondary N) is 2. The van der Waals surface area contributed by atoms with E-state index in [1.165, 1.54) is 0 Å². The van der Waals surface area contributed by atoms with Gasteiger partial charge < -0.3 is 14.6 Å². The summed E-state index contributed by atoms with van der Waals surface area (Å²) in [6, 6.07) is 7.68. The van der Waals surface area contributed by atoms with Crippen molar-refractivity contribution in [1.29, 1.82) is 0 Å². The van der Waals surface area contributed by atoms with Crippen molar-refractivity contribution in [2.24, 2.45) is 10.2 Å². The second-order valence-electron chi connectivity index (χ2n) is 5.80. The number of imidazole rings is 1. The van der Waals surface area contributed by atoms with Gasteiger partial charge in [-0.05, 0) is 19.1 Å². The molecule has 0 atom stereocenters. The first-order valence-corrected chi connectivity index (χ1v) is 8.82. The fourth-order valence-corrected chi connectivity index (χ4v) is 2.69. The Kier molecular flexibility index (Phi) is 4.70. The van der Waals surface area contributed by atoms with Crippen LogP contribution in [0.15, 0.2) is 39.0 Å². The minimum atomic E-state index is -0.382. The molecule has 144 valence electrons. The Bertz CT molecular complexity index is 1160. The number of aromatic amines is 1. The summed E-state index contributed by atoms with van der Waals surface area (Å²) in [6.45, 7) is 3.94. The number of benzene rings is 1. The van der Waals surface area contributed by atoms with Crippen molar-refractivity contribution in [3.05, 3.63) is 30.1 Å². The second-order valence-corrected chi connectivity index (χ2v) is 5.80. The molecule has 3 heterocycles. The minimum absolute atomic E-state index is 0.0293. The highest BCUT2D eigenvalue weighted by molar-refractivity contribution is 5.89. The lowest BCUT2D eigenvalue weighted by molar-refractivity contribution is -0.140. The Labute approximate surface area is 158 Å². The van der Waals surface area contributed by atoms with Gasteiger partial charge in [0.15, 0.2) is 23.0 Å². The SMILES string of the molecule is CCOC(=O)CNc1[nH]n2c(nc3ccccc32)c1N=Nc1nc(CC)no1. The number of carbonyl (C=O) groups excluding carboxylic acids is 1. The molecule has 0 saturated heterocycles. The Morgan fingerprint density at radius 1 is 1.29 bits per heavy atom. The van der Waals surface area contributed by atoms with E-state index in [2.05, 4.69) is 35.8 Å². The topological polar surface area (TPSA) is 135 Å². The Hall–Kier alpha value is -3.76. The smallest absolute Gasteiger partial charge is 0.366 e. The zero-order valence-corrected chi connectivity index (χ0v) is 15.3. The first-order chi connectivity index (χ1) is 13.7. The fourth-order valence-electron chi connectivity index (χ4n) is 2.69. The van der Waals surface area contributed by atoms with Crippen LogP contribution in [0.25, 0.3) is 16.7 Å². The van der Waals surface area contributed by atoms with Crippen LogP contribution in [0.5, 0.6) is 0 Å². The third-order valence-electron chi connectivity index (χ3n) is 3.96. The van der Waals surface area contributed by atoms with Gasteiger partial charge in [-0.15, -0.1) is 5.11 Å². The van der Waals surface area contributed by atoms with Crippen LogP contribution in [0.3, 0.4) is 0 Å². The Morgan fingerprint density at radius 2 is 2.14 bits per heavy atom. The quantitative estimate of drug-likeness (QED) is 0.370. The van der Waals surface area contributed by atoms with Crippen molar-refractivity contribution in [2.45, 2.75) is 20.3 Å². The van der Waals surface area contributed by atoms with E-state index >= 15 is 0 Å². The molecule has 0 radical (unpaired) electrons. The monoisotopic (exact) mass is 382 g/mol. The molecule has 0 aliphatic carbocycles. The van der Waals surface area contributed by atoms with Crippen LogP contribution < -0.4 is 5.32 Å². The van der Waals surface area contributed by atoms with E-state index < -0.39 is 0 Å².